The van der Waals surface area contributed by atoms with Gasteiger partial charge in [-0.15, -0.1) is 11.3 Å². The maximum atomic E-state index is 12.9. The molecule has 1 N–H and O–H groups in total. The van der Waals surface area contributed by atoms with Gasteiger partial charge in [-0.1, -0.05) is 0 Å². The Bertz CT molecular complexity index is 1200. The molecule has 0 saturated heterocycles. The molecular weight excluding hydrogens is 398 g/mol. The van der Waals surface area contributed by atoms with Crippen molar-refractivity contribution in [3.63, 3.8) is 0 Å². The van der Waals surface area contributed by atoms with Gasteiger partial charge in [0.05, 0.1) is 23.0 Å². The number of pyridine rings is 1. The van der Waals surface area contributed by atoms with Crippen molar-refractivity contribution in [3.05, 3.63) is 58.7 Å². The van der Waals surface area contributed by atoms with Crippen molar-refractivity contribution >= 4 is 28.1 Å². The van der Waals surface area contributed by atoms with Crippen LogP contribution in [-0.4, -0.2) is 36.9 Å². The van der Waals surface area contributed by atoms with E-state index in [1.807, 2.05) is 12.3 Å². The van der Waals surface area contributed by atoms with E-state index in [4.69, 9.17) is 0 Å². The molecule has 0 atom stereocenters. The van der Waals surface area contributed by atoms with Crippen LogP contribution in [0.5, 0.6) is 0 Å². The van der Waals surface area contributed by atoms with E-state index in [1.165, 1.54) is 40.8 Å². The van der Waals surface area contributed by atoms with E-state index < -0.39 is 18.8 Å². The minimum Gasteiger partial charge on any atom is -0.267 e. The van der Waals surface area contributed by atoms with E-state index in [0.29, 0.717) is 33.0 Å². The summed E-state index contributed by atoms with van der Waals surface area (Å²) in [6, 6.07) is 1.65. The van der Waals surface area contributed by atoms with Gasteiger partial charge in [0.15, 0.2) is 10.8 Å². The summed E-state index contributed by atoms with van der Waals surface area (Å²) in [4.78, 5) is 29.8. The van der Waals surface area contributed by atoms with Gasteiger partial charge in [0.2, 0.25) is 6.43 Å². The van der Waals surface area contributed by atoms with Crippen molar-refractivity contribution in [2.24, 2.45) is 0 Å². The third-order valence-electron chi connectivity index (χ3n) is 4.32. The Kier molecular flexibility index (Phi) is 5.01. The zero-order chi connectivity index (χ0) is 20.5. The summed E-state index contributed by atoms with van der Waals surface area (Å²) < 4.78 is 27.2. The third kappa shape index (κ3) is 3.83. The minimum atomic E-state index is -2.49. The van der Waals surface area contributed by atoms with Crippen LogP contribution >= 0.6 is 11.3 Å². The number of halogens is 2. The number of carbonyl (C=O) groups excluding carboxylic acids is 1. The Morgan fingerprint density at radius 3 is 2.79 bits per heavy atom. The molecule has 10 heteroatoms. The molecule has 0 aliphatic rings. The lowest BCUT2D eigenvalue weighted by atomic mass is 10.1. The molecule has 0 saturated carbocycles. The van der Waals surface area contributed by atoms with Gasteiger partial charge >= 0.3 is 0 Å². The first-order valence-corrected chi connectivity index (χ1v) is 9.60. The van der Waals surface area contributed by atoms with Crippen LogP contribution in [-0.2, 0) is 6.42 Å². The van der Waals surface area contributed by atoms with Crippen LogP contribution < -0.4 is 5.43 Å². The number of thiazole rings is 1. The Balaban J connectivity index is 1.63. The van der Waals surface area contributed by atoms with E-state index in [9.17, 15) is 13.6 Å². The van der Waals surface area contributed by atoms with Crippen LogP contribution in [0.2, 0.25) is 0 Å². The quantitative estimate of drug-likeness (QED) is 0.537. The molecule has 4 rings (SSSR count). The van der Waals surface area contributed by atoms with Crippen molar-refractivity contribution in [1.82, 2.24) is 24.6 Å². The average Bonchev–Trinajstić information content (AvgIpc) is 3.26. The maximum Gasteiger partial charge on any atom is 0.273 e. The first-order valence-electron chi connectivity index (χ1n) is 8.72. The molecule has 29 heavy (non-hydrogen) atoms. The molecule has 4 aromatic heterocycles. The zero-order valence-electron chi connectivity index (χ0n) is 15.6. The molecule has 0 unspecified atom stereocenters. The molecule has 4 heterocycles. The van der Waals surface area contributed by atoms with Crippen LogP contribution in [0.15, 0.2) is 36.2 Å². The largest absolute Gasteiger partial charge is 0.273 e. The number of carbonyl (C=O) groups is 1. The van der Waals surface area contributed by atoms with E-state index in [-0.39, 0.29) is 5.56 Å². The standard InChI is InChI=1S/C19H16F2N6OS/c1-10-9-29-19(24-10)17-23-6-14(11(2)25-17)18(28)26-27-8-12(5-16(20)21)13-3-4-22-7-15(13)27/h3-4,6-9,16H,5H2,1-2H3,(H,26,28). The van der Waals surface area contributed by atoms with E-state index in [0.717, 1.165) is 5.69 Å². The number of aromatic nitrogens is 5. The highest BCUT2D eigenvalue weighted by Gasteiger charge is 2.17. The van der Waals surface area contributed by atoms with Gasteiger partial charge in [0, 0.05) is 41.5 Å². The van der Waals surface area contributed by atoms with Gasteiger partial charge in [0.25, 0.3) is 5.91 Å². The lowest BCUT2D eigenvalue weighted by Crippen LogP contribution is -2.23. The average molecular weight is 414 g/mol. The van der Waals surface area contributed by atoms with Gasteiger partial charge in [-0.25, -0.2) is 23.7 Å². The molecule has 0 aliphatic heterocycles. The summed E-state index contributed by atoms with van der Waals surface area (Å²) in [5, 5.41) is 3.19. The van der Waals surface area contributed by atoms with Crippen LogP contribution in [0.1, 0.15) is 27.3 Å². The first-order chi connectivity index (χ1) is 13.9. The Hall–Kier alpha value is -3.27. The normalized spacial score (nSPS) is 11.3. The van der Waals surface area contributed by atoms with Crippen molar-refractivity contribution in [2.45, 2.75) is 26.7 Å². The van der Waals surface area contributed by atoms with Crippen LogP contribution in [0.3, 0.4) is 0 Å². The second-order valence-corrected chi connectivity index (χ2v) is 7.30. The smallest absolute Gasteiger partial charge is 0.267 e. The molecule has 4 aromatic rings. The maximum absolute atomic E-state index is 12.9. The molecule has 0 aromatic carbocycles. The summed E-state index contributed by atoms with van der Waals surface area (Å²) in [7, 11) is 0. The number of aryl methyl sites for hydroxylation is 2. The number of hydrogen-bond acceptors (Lipinski definition) is 6. The molecule has 0 bridgehead atoms. The number of fused-ring (bicyclic) bond motifs is 1. The highest BCUT2D eigenvalue weighted by atomic mass is 32.1. The predicted octanol–water partition coefficient (Wildman–Crippen LogP) is 3.76. The van der Waals surface area contributed by atoms with E-state index >= 15 is 0 Å². The lowest BCUT2D eigenvalue weighted by Gasteiger charge is -2.09. The second-order valence-electron chi connectivity index (χ2n) is 6.44. The minimum absolute atomic E-state index is 0.281. The fourth-order valence-corrected chi connectivity index (χ4v) is 3.72. The second kappa shape index (κ2) is 7.63. The van der Waals surface area contributed by atoms with Crippen LogP contribution in [0, 0.1) is 13.8 Å². The molecular formula is C19H16F2N6OS. The van der Waals surface area contributed by atoms with Crippen molar-refractivity contribution in [3.8, 4) is 10.8 Å². The fraction of sp³-hybridized carbons (Fsp3) is 0.211. The van der Waals surface area contributed by atoms with Gasteiger partial charge in [-0.2, -0.15) is 0 Å². The number of hydrogen-bond donors (Lipinski definition) is 1. The lowest BCUT2D eigenvalue weighted by molar-refractivity contribution is 0.101. The SMILES string of the molecule is Cc1csc(-c2ncc(C(=O)Nn3cc(CC(F)F)c4ccncc43)c(C)n2)n1. The summed E-state index contributed by atoms with van der Waals surface area (Å²) in [5.74, 6) is 0.000651. The summed E-state index contributed by atoms with van der Waals surface area (Å²) >= 11 is 1.43. The fourth-order valence-electron chi connectivity index (χ4n) is 2.99. The molecule has 1 amide bonds. The van der Waals surface area contributed by atoms with Gasteiger partial charge < -0.3 is 0 Å². The molecule has 148 valence electrons. The molecule has 0 fully saturated rings. The van der Waals surface area contributed by atoms with Crippen LogP contribution in [0.25, 0.3) is 21.7 Å². The summed E-state index contributed by atoms with van der Waals surface area (Å²) in [5.41, 5.74) is 5.31. The van der Waals surface area contributed by atoms with Gasteiger partial charge in [0.1, 0.15) is 0 Å². The summed E-state index contributed by atoms with van der Waals surface area (Å²) in [6.45, 7) is 3.59. The van der Waals surface area contributed by atoms with Crippen molar-refractivity contribution in [2.75, 3.05) is 5.43 Å². The molecule has 0 radical (unpaired) electrons. The summed E-state index contributed by atoms with van der Waals surface area (Å²) in [6.07, 6.45) is 3.07. The topological polar surface area (TPSA) is 85.6 Å². The zero-order valence-corrected chi connectivity index (χ0v) is 16.4. The van der Waals surface area contributed by atoms with E-state index in [2.05, 4.69) is 25.4 Å². The highest BCUT2D eigenvalue weighted by molar-refractivity contribution is 7.13. The number of nitrogens with zero attached hydrogens (tertiary/aromatic N) is 5. The van der Waals surface area contributed by atoms with Crippen LogP contribution in [0.4, 0.5) is 8.78 Å². The van der Waals surface area contributed by atoms with Gasteiger partial charge in [-0.3, -0.25) is 19.9 Å². The number of amides is 1. The Morgan fingerprint density at radius 2 is 2.10 bits per heavy atom. The van der Waals surface area contributed by atoms with Crippen molar-refractivity contribution in [1.29, 1.82) is 0 Å². The monoisotopic (exact) mass is 414 g/mol. The van der Waals surface area contributed by atoms with E-state index in [1.54, 1.807) is 13.0 Å². The third-order valence-corrected chi connectivity index (χ3v) is 5.28. The highest BCUT2D eigenvalue weighted by Crippen LogP contribution is 2.23. The molecule has 7 nitrogen and oxygen atoms in total. The number of alkyl halides is 2. The Labute approximate surface area is 168 Å². The number of nitrogens with one attached hydrogen (secondary N) is 1. The van der Waals surface area contributed by atoms with Gasteiger partial charge in [-0.05, 0) is 25.5 Å². The first kappa shape index (κ1) is 19.1. The molecule has 0 spiro atoms. The Morgan fingerprint density at radius 1 is 1.28 bits per heavy atom. The predicted molar refractivity (Wildman–Crippen MR) is 106 cm³/mol. The van der Waals surface area contributed by atoms with Crippen molar-refractivity contribution < 1.29 is 13.6 Å². The molecule has 0 aliphatic carbocycles. The number of rotatable bonds is 5.